The lowest BCUT2D eigenvalue weighted by Gasteiger charge is -2.05. The van der Waals surface area contributed by atoms with Crippen LogP contribution < -0.4 is 5.32 Å². The normalized spacial score (nSPS) is 15.1. The molecule has 2 rings (SSSR count). The average Bonchev–Trinajstić information content (AvgIpc) is 3.08. The van der Waals surface area contributed by atoms with Gasteiger partial charge in [-0.15, -0.1) is 5.54 Å². The Morgan fingerprint density at radius 2 is 2.17 bits per heavy atom. The molecule has 1 aliphatic rings. The van der Waals surface area contributed by atoms with Crippen LogP contribution in [0.1, 0.15) is 24.1 Å². The highest BCUT2D eigenvalue weighted by molar-refractivity contribution is 6.83. The van der Waals surface area contributed by atoms with Gasteiger partial charge in [0.15, 0.2) is 0 Å². The molecule has 0 radical (unpaired) electrons. The largest absolute Gasteiger partial charge is 0.308 e. The molecule has 0 aromatic carbocycles. The number of rotatable bonds is 3. The average molecular weight is 262 g/mol. The fourth-order valence-electron chi connectivity index (χ4n) is 1.45. The fourth-order valence-corrected chi connectivity index (χ4v) is 1.97. The van der Waals surface area contributed by atoms with Gasteiger partial charge >= 0.3 is 0 Å². The molecule has 0 unspecified atom stereocenters. The zero-order chi connectivity index (χ0) is 13.2. The van der Waals surface area contributed by atoms with Crippen molar-refractivity contribution in [1.29, 1.82) is 0 Å². The minimum atomic E-state index is -1.42. The third kappa shape index (κ3) is 4.24. The summed E-state index contributed by atoms with van der Waals surface area (Å²) in [5.74, 6) is 2.76. The van der Waals surface area contributed by atoms with E-state index < -0.39 is 8.07 Å². The molecule has 0 aliphatic heterocycles. The topological polar surface area (TPSA) is 24.9 Å². The molecule has 1 saturated carbocycles. The van der Waals surface area contributed by atoms with Gasteiger partial charge in [0, 0.05) is 24.3 Å². The Balaban J connectivity index is 2.05. The molecule has 0 bridgehead atoms. The Morgan fingerprint density at radius 3 is 2.72 bits per heavy atom. The van der Waals surface area contributed by atoms with Crippen LogP contribution in [0.3, 0.4) is 0 Å². The van der Waals surface area contributed by atoms with E-state index in [9.17, 15) is 4.39 Å². The van der Waals surface area contributed by atoms with Gasteiger partial charge in [0.2, 0.25) is 0 Å². The second-order valence-corrected chi connectivity index (χ2v) is 10.6. The van der Waals surface area contributed by atoms with Crippen LogP contribution in [-0.2, 0) is 6.54 Å². The zero-order valence-electron chi connectivity index (χ0n) is 11.2. The quantitative estimate of drug-likeness (QED) is 0.669. The molecule has 1 N–H and O–H groups in total. The first kappa shape index (κ1) is 13.3. The van der Waals surface area contributed by atoms with Crippen LogP contribution >= 0.6 is 0 Å². The summed E-state index contributed by atoms with van der Waals surface area (Å²) in [5.41, 5.74) is 4.37. The SMILES string of the molecule is C[Si](C)(C)C#Cc1cnc(CNC2CC2)c(F)c1. The van der Waals surface area contributed by atoms with Gasteiger partial charge in [0.1, 0.15) is 13.9 Å². The van der Waals surface area contributed by atoms with Crippen molar-refractivity contribution in [2.75, 3.05) is 0 Å². The van der Waals surface area contributed by atoms with Gasteiger partial charge in [0.05, 0.1) is 5.69 Å². The number of pyridine rings is 1. The molecule has 1 aliphatic carbocycles. The van der Waals surface area contributed by atoms with Crippen molar-refractivity contribution in [2.24, 2.45) is 0 Å². The van der Waals surface area contributed by atoms with Crippen LogP contribution in [0.5, 0.6) is 0 Å². The molecule has 1 heterocycles. The van der Waals surface area contributed by atoms with E-state index in [1.165, 1.54) is 18.9 Å². The molecule has 1 fully saturated rings. The van der Waals surface area contributed by atoms with E-state index in [0.29, 0.717) is 23.8 Å². The smallest absolute Gasteiger partial charge is 0.147 e. The predicted octanol–water partition coefficient (Wildman–Crippen LogP) is 2.70. The lowest BCUT2D eigenvalue weighted by Crippen LogP contribution is -2.17. The molecule has 2 nitrogen and oxygen atoms in total. The minimum absolute atomic E-state index is 0.259. The molecule has 18 heavy (non-hydrogen) atoms. The van der Waals surface area contributed by atoms with Gasteiger partial charge in [-0.1, -0.05) is 25.6 Å². The number of hydrogen-bond donors (Lipinski definition) is 1. The van der Waals surface area contributed by atoms with E-state index in [1.54, 1.807) is 6.20 Å². The second-order valence-electron chi connectivity index (χ2n) is 5.81. The number of nitrogens with one attached hydrogen (secondary N) is 1. The van der Waals surface area contributed by atoms with Crippen molar-refractivity contribution in [3.63, 3.8) is 0 Å². The Labute approximate surface area is 109 Å². The Morgan fingerprint density at radius 1 is 1.44 bits per heavy atom. The first-order chi connectivity index (χ1) is 8.44. The van der Waals surface area contributed by atoms with Gasteiger partial charge < -0.3 is 5.32 Å². The summed E-state index contributed by atoms with van der Waals surface area (Å²) >= 11 is 0. The molecule has 96 valence electrons. The maximum atomic E-state index is 13.8. The lowest BCUT2D eigenvalue weighted by atomic mass is 10.2. The molecule has 1 aromatic heterocycles. The van der Waals surface area contributed by atoms with Crippen molar-refractivity contribution in [3.8, 4) is 11.5 Å². The summed E-state index contributed by atoms with van der Waals surface area (Å²) in [6, 6.07) is 2.06. The second kappa shape index (κ2) is 5.21. The van der Waals surface area contributed by atoms with Crippen LogP contribution in [0.4, 0.5) is 4.39 Å². The van der Waals surface area contributed by atoms with Gasteiger partial charge in [-0.05, 0) is 18.9 Å². The first-order valence-electron chi connectivity index (χ1n) is 6.35. The Hall–Kier alpha value is -1.18. The highest BCUT2D eigenvalue weighted by atomic mass is 28.3. The van der Waals surface area contributed by atoms with Gasteiger partial charge in [-0.25, -0.2) is 4.39 Å². The fraction of sp³-hybridized carbons (Fsp3) is 0.500. The summed E-state index contributed by atoms with van der Waals surface area (Å²) in [6.07, 6.45) is 4.06. The minimum Gasteiger partial charge on any atom is -0.308 e. The Bertz CT molecular complexity index is 493. The van der Waals surface area contributed by atoms with Crippen molar-refractivity contribution >= 4 is 8.07 Å². The number of hydrogen-bond acceptors (Lipinski definition) is 2. The highest BCUT2D eigenvalue weighted by Crippen LogP contribution is 2.19. The molecule has 4 heteroatoms. The molecule has 1 aromatic rings. The molecular formula is C14H19FN2Si. The maximum Gasteiger partial charge on any atom is 0.147 e. The van der Waals surface area contributed by atoms with Crippen LogP contribution in [-0.4, -0.2) is 19.1 Å². The maximum absolute atomic E-state index is 13.8. The molecule has 0 atom stereocenters. The van der Waals surface area contributed by atoms with Crippen LogP contribution in [0.25, 0.3) is 0 Å². The van der Waals surface area contributed by atoms with Crippen molar-refractivity contribution in [1.82, 2.24) is 10.3 Å². The molecular weight excluding hydrogens is 243 g/mol. The number of nitrogens with zero attached hydrogens (tertiary/aromatic N) is 1. The number of aromatic nitrogens is 1. The molecule has 0 spiro atoms. The molecule has 0 amide bonds. The van der Waals surface area contributed by atoms with Crippen LogP contribution in [0.2, 0.25) is 19.6 Å². The van der Waals surface area contributed by atoms with Crippen LogP contribution in [0.15, 0.2) is 12.3 Å². The summed E-state index contributed by atoms with van der Waals surface area (Å²) in [7, 11) is -1.42. The summed E-state index contributed by atoms with van der Waals surface area (Å²) in [5, 5.41) is 3.26. The molecule has 0 saturated heterocycles. The van der Waals surface area contributed by atoms with Crippen molar-refractivity contribution in [3.05, 3.63) is 29.3 Å². The van der Waals surface area contributed by atoms with E-state index >= 15 is 0 Å². The first-order valence-corrected chi connectivity index (χ1v) is 9.85. The summed E-state index contributed by atoms with van der Waals surface area (Å²) in [4.78, 5) is 4.15. The van der Waals surface area contributed by atoms with Crippen molar-refractivity contribution < 1.29 is 4.39 Å². The number of halogens is 1. The van der Waals surface area contributed by atoms with Crippen LogP contribution in [0, 0.1) is 17.3 Å². The van der Waals surface area contributed by atoms with E-state index in [0.717, 1.165) is 0 Å². The van der Waals surface area contributed by atoms with Crippen molar-refractivity contribution in [2.45, 2.75) is 45.1 Å². The van der Waals surface area contributed by atoms with Gasteiger partial charge in [0.25, 0.3) is 0 Å². The third-order valence-electron chi connectivity index (χ3n) is 2.63. The van der Waals surface area contributed by atoms with E-state index in [2.05, 4.69) is 41.4 Å². The lowest BCUT2D eigenvalue weighted by molar-refractivity contribution is 0.572. The third-order valence-corrected chi connectivity index (χ3v) is 3.51. The predicted molar refractivity (Wildman–Crippen MR) is 74.3 cm³/mol. The highest BCUT2D eigenvalue weighted by Gasteiger charge is 2.20. The van der Waals surface area contributed by atoms with E-state index in [1.807, 2.05) is 0 Å². The standard InChI is InChI=1S/C14H19FN2Si/c1-18(2,3)7-6-11-8-13(15)14(17-9-11)10-16-12-4-5-12/h8-9,12,16H,4-5,10H2,1-3H3. The van der Waals surface area contributed by atoms with E-state index in [-0.39, 0.29) is 5.82 Å². The van der Waals surface area contributed by atoms with E-state index in [4.69, 9.17) is 0 Å². The zero-order valence-corrected chi connectivity index (χ0v) is 12.2. The summed E-state index contributed by atoms with van der Waals surface area (Å²) in [6.45, 7) is 7.01. The van der Waals surface area contributed by atoms with Gasteiger partial charge in [-0.3, -0.25) is 4.98 Å². The Kier molecular flexibility index (Phi) is 3.84. The monoisotopic (exact) mass is 262 g/mol. The van der Waals surface area contributed by atoms with Gasteiger partial charge in [-0.2, -0.15) is 0 Å². The summed E-state index contributed by atoms with van der Waals surface area (Å²) < 4.78 is 13.8.